The van der Waals surface area contributed by atoms with Crippen molar-refractivity contribution >= 4 is 11.6 Å². The van der Waals surface area contributed by atoms with Gasteiger partial charge >= 0.3 is 0 Å². The molecule has 0 saturated carbocycles. The first-order valence-corrected chi connectivity index (χ1v) is 8.54. The van der Waals surface area contributed by atoms with Gasteiger partial charge in [-0.15, -0.1) is 0 Å². The van der Waals surface area contributed by atoms with Gasteiger partial charge in [-0.05, 0) is 48.6 Å². The van der Waals surface area contributed by atoms with Gasteiger partial charge < -0.3 is 0 Å². The Morgan fingerprint density at radius 1 is 1.09 bits per heavy atom. The molecule has 0 bridgehead atoms. The molecule has 0 spiro atoms. The fraction of sp³-hybridized carbons (Fsp3) is 0.350. The maximum Gasteiger partial charge on any atom is 0.0638 e. The molecule has 0 amide bonds. The first kappa shape index (κ1) is 16.1. The summed E-state index contributed by atoms with van der Waals surface area (Å²) in [6.07, 6.45) is 2.81. The van der Waals surface area contributed by atoms with Crippen LogP contribution in [0.3, 0.4) is 0 Å². The molecular formula is C20H21ClN2. The van der Waals surface area contributed by atoms with Gasteiger partial charge in [0, 0.05) is 17.6 Å². The van der Waals surface area contributed by atoms with Crippen LogP contribution in [0, 0.1) is 11.3 Å². The lowest BCUT2D eigenvalue weighted by Crippen LogP contribution is -2.41. The lowest BCUT2D eigenvalue weighted by atomic mass is 9.84. The Labute approximate surface area is 143 Å². The summed E-state index contributed by atoms with van der Waals surface area (Å²) in [5.41, 5.74) is 2.66. The van der Waals surface area contributed by atoms with E-state index >= 15 is 0 Å². The highest BCUT2D eigenvalue weighted by Crippen LogP contribution is 2.33. The Morgan fingerprint density at radius 3 is 2.52 bits per heavy atom. The quantitative estimate of drug-likeness (QED) is 0.791. The van der Waals surface area contributed by atoms with Crippen LogP contribution in [0.1, 0.15) is 36.3 Å². The monoisotopic (exact) mass is 324 g/mol. The number of benzene rings is 2. The molecule has 1 aliphatic heterocycles. The fourth-order valence-electron chi connectivity index (χ4n) is 3.48. The van der Waals surface area contributed by atoms with Crippen LogP contribution in [0.4, 0.5) is 0 Å². The second kappa shape index (κ2) is 7.64. The van der Waals surface area contributed by atoms with Gasteiger partial charge in [0.15, 0.2) is 0 Å². The SMILES string of the molecule is N#CC[C@H]1C[C@@H](c2ccccc2)CCN1Cc1ccc(Cl)cc1. The van der Waals surface area contributed by atoms with Crippen molar-refractivity contribution in [1.29, 1.82) is 5.26 Å². The van der Waals surface area contributed by atoms with Crippen LogP contribution in [0.5, 0.6) is 0 Å². The van der Waals surface area contributed by atoms with Crippen molar-refractivity contribution in [2.75, 3.05) is 6.54 Å². The molecular weight excluding hydrogens is 304 g/mol. The van der Waals surface area contributed by atoms with E-state index < -0.39 is 0 Å². The molecule has 0 aliphatic carbocycles. The van der Waals surface area contributed by atoms with E-state index in [-0.39, 0.29) is 0 Å². The summed E-state index contributed by atoms with van der Waals surface area (Å²) < 4.78 is 0. The number of hydrogen-bond acceptors (Lipinski definition) is 2. The van der Waals surface area contributed by atoms with E-state index in [9.17, 15) is 5.26 Å². The van der Waals surface area contributed by atoms with Gasteiger partial charge in [-0.2, -0.15) is 5.26 Å². The van der Waals surface area contributed by atoms with Crippen molar-refractivity contribution < 1.29 is 0 Å². The van der Waals surface area contributed by atoms with Crippen molar-refractivity contribution in [2.24, 2.45) is 0 Å². The Morgan fingerprint density at radius 2 is 1.83 bits per heavy atom. The molecule has 2 nitrogen and oxygen atoms in total. The van der Waals surface area contributed by atoms with Crippen LogP contribution in [0.2, 0.25) is 5.02 Å². The topological polar surface area (TPSA) is 27.0 Å². The van der Waals surface area contributed by atoms with E-state index in [0.29, 0.717) is 18.4 Å². The maximum absolute atomic E-state index is 9.20. The predicted molar refractivity (Wildman–Crippen MR) is 94.3 cm³/mol. The highest BCUT2D eigenvalue weighted by molar-refractivity contribution is 6.30. The zero-order valence-electron chi connectivity index (χ0n) is 13.2. The summed E-state index contributed by atoms with van der Waals surface area (Å²) in [5.74, 6) is 0.566. The average molecular weight is 325 g/mol. The predicted octanol–water partition coefficient (Wildman–Crippen LogP) is 5.00. The lowest BCUT2D eigenvalue weighted by molar-refractivity contribution is 0.129. The molecule has 3 rings (SSSR count). The fourth-order valence-corrected chi connectivity index (χ4v) is 3.60. The number of halogens is 1. The summed E-state index contributed by atoms with van der Waals surface area (Å²) in [7, 11) is 0. The third kappa shape index (κ3) is 4.13. The van der Waals surface area contributed by atoms with Crippen LogP contribution in [-0.4, -0.2) is 17.5 Å². The van der Waals surface area contributed by atoms with Crippen molar-refractivity contribution in [3.8, 4) is 6.07 Å². The van der Waals surface area contributed by atoms with Crippen LogP contribution in [0.15, 0.2) is 54.6 Å². The number of hydrogen-bond donors (Lipinski definition) is 0. The maximum atomic E-state index is 9.20. The Balaban J connectivity index is 1.70. The minimum Gasteiger partial charge on any atom is -0.295 e. The Hall–Kier alpha value is -1.82. The third-order valence-electron chi connectivity index (χ3n) is 4.73. The van der Waals surface area contributed by atoms with Crippen molar-refractivity contribution in [3.63, 3.8) is 0 Å². The largest absolute Gasteiger partial charge is 0.295 e. The van der Waals surface area contributed by atoms with Crippen LogP contribution < -0.4 is 0 Å². The Kier molecular flexibility index (Phi) is 5.33. The van der Waals surface area contributed by atoms with Gasteiger partial charge in [-0.1, -0.05) is 54.1 Å². The molecule has 3 heteroatoms. The molecule has 2 aromatic carbocycles. The third-order valence-corrected chi connectivity index (χ3v) is 4.99. The summed E-state index contributed by atoms with van der Waals surface area (Å²) in [4.78, 5) is 2.45. The number of piperidine rings is 1. The van der Waals surface area contributed by atoms with E-state index in [0.717, 1.165) is 31.0 Å². The molecule has 2 aromatic rings. The number of rotatable bonds is 4. The molecule has 0 aromatic heterocycles. The van der Waals surface area contributed by atoms with E-state index in [1.807, 2.05) is 12.1 Å². The summed E-state index contributed by atoms with van der Waals surface area (Å²) >= 11 is 5.96. The molecule has 1 fully saturated rings. The van der Waals surface area contributed by atoms with Crippen LogP contribution in [-0.2, 0) is 6.54 Å². The van der Waals surface area contributed by atoms with Gasteiger partial charge in [0.2, 0.25) is 0 Å². The smallest absolute Gasteiger partial charge is 0.0638 e. The highest BCUT2D eigenvalue weighted by atomic mass is 35.5. The van der Waals surface area contributed by atoms with E-state index in [4.69, 9.17) is 11.6 Å². The van der Waals surface area contributed by atoms with Crippen molar-refractivity contribution in [2.45, 2.75) is 37.8 Å². The number of nitriles is 1. The molecule has 0 unspecified atom stereocenters. The normalized spacial score (nSPS) is 21.7. The first-order chi connectivity index (χ1) is 11.3. The van der Waals surface area contributed by atoms with Gasteiger partial charge in [-0.25, -0.2) is 0 Å². The highest BCUT2D eigenvalue weighted by Gasteiger charge is 2.29. The van der Waals surface area contributed by atoms with E-state index in [1.54, 1.807) is 0 Å². The lowest BCUT2D eigenvalue weighted by Gasteiger charge is -2.39. The minimum absolute atomic E-state index is 0.328. The molecule has 118 valence electrons. The Bertz CT molecular complexity index is 660. The number of likely N-dealkylation sites (tertiary alicyclic amines) is 1. The van der Waals surface area contributed by atoms with Crippen molar-refractivity contribution in [1.82, 2.24) is 4.90 Å². The molecule has 1 heterocycles. The van der Waals surface area contributed by atoms with Gasteiger partial charge in [-0.3, -0.25) is 4.90 Å². The minimum atomic E-state index is 0.328. The van der Waals surface area contributed by atoms with Gasteiger partial charge in [0.05, 0.1) is 12.5 Å². The first-order valence-electron chi connectivity index (χ1n) is 8.16. The molecule has 0 radical (unpaired) electrons. The van der Waals surface area contributed by atoms with E-state index in [2.05, 4.69) is 53.4 Å². The zero-order valence-corrected chi connectivity index (χ0v) is 13.9. The van der Waals surface area contributed by atoms with E-state index in [1.165, 1.54) is 11.1 Å². The second-order valence-electron chi connectivity index (χ2n) is 6.24. The molecule has 0 N–H and O–H groups in total. The standard InChI is InChI=1S/C20H21ClN2/c21-19-8-6-16(7-9-19)15-23-13-11-18(14-20(23)10-12-22)17-4-2-1-3-5-17/h1-9,18,20H,10-11,13-15H2/t18-,20-/m0/s1. The second-order valence-corrected chi connectivity index (χ2v) is 6.68. The summed E-state index contributed by atoms with van der Waals surface area (Å²) in [5, 5.41) is 9.97. The number of nitrogens with zero attached hydrogens (tertiary/aromatic N) is 2. The zero-order chi connectivity index (χ0) is 16.1. The summed E-state index contributed by atoms with van der Waals surface area (Å²) in [6, 6.07) is 21.4. The van der Waals surface area contributed by atoms with Gasteiger partial charge in [0.1, 0.15) is 0 Å². The van der Waals surface area contributed by atoms with Crippen molar-refractivity contribution in [3.05, 3.63) is 70.7 Å². The average Bonchev–Trinajstić information content (AvgIpc) is 2.59. The van der Waals surface area contributed by atoms with Crippen LogP contribution in [0.25, 0.3) is 0 Å². The summed E-state index contributed by atoms with van der Waals surface area (Å²) in [6.45, 7) is 1.93. The molecule has 2 atom stereocenters. The molecule has 1 aliphatic rings. The van der Waals surface area contributed by atoms with Gasteiger partial charge in [0.25, 0.3) is 0 Å². The molecule has 1 saturated heterocycles. The van der Waals surface area contributed by atoms with Crippen LogP contribution >= 0.6 is 11.6 Å². The molecule has 23 heavy (non-hydrogen) atoms.